The molecule has 0 atom stereocenters. The first-order valence-electron chi connectivity index (χ1n) is 8.69. The van der Waals surface area contributed by atoms with Crippen LogP contribution >= 0.6 is 0 Å². The van der Waals surface area contributed by atoms with Crippen molar-refractivity contribution in [2.45, 2.75) is 13.1 Å². The largest absolute Gasteiger partial charge is 0.492 e. The lowest BCUT2D eigenvalue weighted by molar-refractivity contribution is 0.0942. The number of amides is 1. The van der Waals surface area contributed by atoms with E-state index < -0.39 is 5.91 Å². The van der Waals surface area contributed by atoms with Gasteiger partial charge in [0.05, 0.1) is 13.7 Å². The molecule has 8 nitrogen and oxygen atoms in total. The van der Waals surface area contributed by atoms with Crippen LogP contribution < -0.4 is 20.3 Å². The lowest BCUT2D eigenvalue weighted by atomic mass is 10.2. The number of nitrogens with one attached hydrogen (secondary N) is 1. The van der Waals surface area contributed by atoms with Gasteiger partial charge in [-0.3, -0.25) is 9.59 Å². The number of rotatable bonds is 8. The average molecular weight is 380 g/mol. The Bertz CT molecular complexity index is 989. The number of nitrogens with zero attached hydrogens (tertiary/aromatic N) is 3. The lowest BCUT2D eigenvalue weighted by Gasteiger charge is -2.10. The van der Waals surface area contributed by atoms with E-state index in [1.165, 1.54) is 23.9 Å². The molecule has 2 aromatic heterocycles. The molecule has 0 aliphatic heterocycles. The lowest BCUT2D eigenvalue weighted by Crippen LogP contribution is -2.30. The normalized spacial score (nSPS) is 10.3. The Balaban J connectivity index is 1.61. The Kier molecular flexibility index (Phi) is 6.35. The third-order valence-corrected chi connectivity index (χ3v) is 3.90. The highest BCUT2D eigenvalue weighted by Crippen LogP contribution is 2.13. The number of methoxy groups -OCH3 is 1. The fraction of sp³-hybridized carbons (Fsp3) is 0.200. The summed E-state index contributed by atoms with van der Waals surface area (Å²) in [6, 6.07) is 15.5. The third kappa shape index (κ3) is 4.94. The molecule has 0 aliphatic carbocycles. The Hall–Kier alpha value is -3.68. The minimum Gasteiger partial charge on any atom is -0.492 e. The molecule has 3 aromatic rings. The van der Waals surface area contributed by atoms with E-state index in [9.17, 15) is 9.59 Å². The minimum atomic E-state index is -0.399. The number of aromatic nitrogens is 3. The van der Waals surface area contributed by atoms with Gasteiger partial charge in [-0.2, -0.15) is 5.10 Å². The van der Waals surface area contributed by atoms with Gasteiger partial charge in [0.1, 0.15) is 18.1 Å². The quantitative estimate of drug-likeness (QED) is 0.639. The highest BCUT2D eigenvalue weighted by atomic mass is 16.5. The van der Waals surface area contributed by atoms with Gasteiger partial charge in [0.2, 0.25) is 5.88 Å². The van der Waals surface area contributed by atoms with Gasteiger partial charge < -0.3 is 14.8 Å². The SMILES string of the molecule is COc1ncccc1CNC(=O)c1ccc(=O)n(CCOc2ccccc2)n1. The molecule has 2 heterocycles. The molecule has 28 heavy (non-hydrogen) atoms. The van der Waals surface area contributed by atoms with Gasteiger partial charge in [0.15, 0.2) is 0 Å². The number of pyridine rings is 1. The molecule has 0 radical (unpaired) electrons. The maximum Gasteiger partial charge on any atom is 0.271 e. The monoisotopic (exact) mass is 380 g/mol. The molecule has 0 unspecified atom stereocenters. The summed E-state index contributed by atoms with van der Waals surface area (Å²) in [6.45, 7) is 0.716. The maximum absolute atomic E-state index is 12.4. The number of carbonyl (C=O) groups is 1. The van der Waals surface area contributed by atoms with Crippen LogP contribution in [0.5, 0.6) is 11.6 Å². The molecular weight excluding hydrogens is 360 g/mol. The molecule has 1 amide bonds. The summed E-state index contributed by atoms with van der Waals surface area (Å²) in [5.74, 6) is 0.747. The summed E-state index contributed by atoms with van der Waals surface area (Å²) in [4.78, 5) is 28.5. The molecule has 1 N–H and O–H groups in total. The maximum atomic E-state index is 12.4. The highest BCUT2D eigenvalue weighted by Gasteiger charge is 2.11. The van der Waals surface area contributed by atoms with E-state index in [-0.39, 0.29) is 30.9 Å². The standard InChI is InChI=1S/C20H20N4O4/c1-27-20-15(6-5-11-21-20)14-22-19(26)17-9-10-18(25)24(23-17)12-13-28-16-7-3-2-4-8-16/h2-11H,12-14H2,1H3,(H,22,26). The predicted octanol–water partition coefficient (Wildman–Crippen LogP) is 1.66. The van der Waals surface area contributed by atoms with Crippen molar-refractivity contribution in [2.24, 2.45) is 0 Å². The molecule has 3 rings (SSSR count). The Morgan fingerprint density at radius 3 is 2.71 bits per heavy atom. The third-order valence-electron chi connectivity index (χ3n) is 3.90. The number of benzene rings is 1. The zero-order valence-corrected chi connectivity index (χ0v) is 15.4. The van der Waals surface area contributed by atoms with Crippen molar-refractivity contribution >= 4 is 5.91 Å². The van der Waals surface area contributed by atoms with Crippen molar-refractivity contribution in [3.63, 3.8) is 0 Å². The average Bonchev–Trinajstić information content (AvgIpc) is 2.74. The fourth-order valence-corrected chi connectivity index (χ4v) is 2.51. The van der Waals surface area contributed by atoms with Crippen molar-refractivity contribution in [2.75, 3.05) is 13.7 Å². The van der Waals surface area contributed by atoms with E-state index in [1.807, 2.05) is 30.3 Å². The molecule has 0 bridgehead atoms. The Morgan fingerprint density at radius 2 is 1.93 bits per heavy atom. The number of para-hydroxylation sites is 1. The van der Waals surface area contributed by atoms with Crippen LogP contribution in [-0.2, 0) is 13.1 Å². The van der Waals surface area contributed by atoms with Gasteiger partial charge in [-0.1, -0.05) is 24.3 Å². The summed E-state index contributed by atoms with van der Waals surface area (Å²) in [5.41, 5.74) is 0.576. The van der Waals surface area contributed by atoms with Crippen LogP contribution in [-0.4, -0.2) is 34.4 Å². The van der Waals surface area contributed by atoms with E-state index in [0.717, 1.165) is 5.56 Å². The zero-order valence-electron chi connectivity index (χ0n) is 15.4. The van der Waals surface area contributed by atoms with Crippen molar-refractivity contribution in [3.8, 4) is 11.6 Å². The number of hydrogen-bond donors (Lipinski definition) is 1. The van der Waals surface area contributed by atoms with Gasteiger partial charge in [-0.15, -0.1) is 0 Å². The molecule has 0 fully saturated rings. The van der Waals surface area contributed by atoms with Gasteiger partial charge in [-0.25, -0.2) is 9.67 Å². The summed E-state index contributed by atoms with van der Waals surface area (Å²) < 4.78 is 11.9. The van der Waals surface area contributed by atoms with Crippen LogP contribution in [0, 0.1) is 0 Å². The van der Waals surface area contributed by atoms with Crippen molar-refractivity contribution < 1.29 is 14.3 Å². The summed E-state index contributed by atoms with van der Waals surface area (Å²) >= 11 is 0. The molecule has 0 saturated carbocycles. The van der Waals surface area contributed by atoms with E-state index in [1.54, 1.807) is 18.3 Å². The van der Waals surface area contributed by atoms with E-state index in [2.05, 4.69) is 15.4 Å². The van der Waals surface area contributed by atoms with Crippen LogP contribution in [0.4, 0.5) is 0 Å². The van der Waals surface area contributed by atoms with Gasteiger partial charge in [0.25, 0.3) is 11.5 Å². The summed E-state index contributed by atoms with van der Waals surface area (Å²) in [6.07, 6.45) is 1.61. The van der Waals surface area contributed by atoms with Gasteiger partial charge in [0, 0.05) is 24.4 Å². The highest BCUT2D eigenvalue weighted by molar-refractivity contribution is 5.91. The molecule has 8 heteroatoms. The number of ether oxygens (including phenoxy) is 2. The van der Waals surface area contributed by atoms with Gasteiger partial charge >= 0.3 is 0 Å². The Morgan fingerprint density at radius 1 is 1.11 bits per heavy atom. The minimum absolute atomic E-state index is 0.141. The van der Waals surface area contributed by atoms with Crippen molar-refractivity contribution in [1.29, 1.82) is 0 Å². The molecule has 0 spiro atoms. The first kappa shape index (κ1) is 19.1. The van der Waals surface area contributed by atoms with E-state index in [0.29, 0.717) is 11.6 Å². The Labute approximate surface area is 161 Å². The first-order chi connectivity index (χ1) is 13.7. The molecule has 144 valence electrons. The second-order valence-corrected chi connectivity index (χ2v) is 5.80. The first-order valence-corrected chi connectivity index (χ1v) is 8.69. The molecule has 1 aromatic carbocycles. The number of hydrogen-bond acceptors (Lipinski definition) is 6. The van der Waals surface area contributed by atoms with Crippen LogP contribution in [0.15, 0.2) is 65.6 Å². The fourth-order valence-electron chi connectivity index (χ4n) is 2.51. The summed E-state index contributed by atoms with van der Waals surface area (Å²) in [5, 5.41) is 6.87. The smallest absolute Gasteiger partial charge is 0.271 e. The topological polar surface area (TPSA) is 95.3 Å². The second-order valence-electron chi connectivity index (χ2n) is 5.80. The van der Waals surface area contributed by atoms with Crippen molar-refractivity contribution in [3.05, 3.63) is 82.4 Å². The molecular formula is C20H20N4O4. The van der Waals surface area contributed by atoms with Crippen LogP contribution in [0.3, 0.4) is 0 Å². The second kappa shape index (κ2) is 9.31. The van der Waals surface area contributed by atoms with Crippen molar-refractivity contribution in [1.82, 2.24) is 20.1 Å². The van der Waals surface area contributed by atoms with E-state index >= 15 is 0 Å². The number of carbonyl (C=O) groups excluding carboxylic acids is 1. The van der Waals surface area contributed by atoms with Crippen LogP contribution in [0.2, 0.25) is 0 Å². The van der Waals surface area contributed by atoms with Crippen LogP contribution in [0.1, 0.15) is 16.1 Å². The van der Waals surface area contributed by atoms with Gasteiger partial charge in [-0.05, 0) is 24.3 Å². The van der Waals surface area contributed by atoms with Crippen LogP contribution in [0.25, 0.3) is 0 Å². The van der Waals surface area contributed by atoms with E-state index in [4.69, 9.17) is 9.47 Å². The molecule has 0 saturated heterocycles. The summed E-state index contributed by atoms with van der Waals surface area (Å²) in [7, 11) is 1.52. The molecule has 0 aliphatic rings. The predicted molar refractivity (Wildman–Crippen MR) is 102 cm³/mol. The zero-order chi connectivity index (χ0) is 19.8.